The maximum atomic E-state index is 13.5. The molecule has 2 rings (SSSR count). The number of rotatable bonds is 3. The van der Waals surface area contributed by atoms with Crippen LogP contribution in [0.5, 0.6) is 0 Å². The van der Waals surface area contributed by atoms with Gasteiger partial charge in [0.2, 0.25) is 5.91 Å². The van der Waals surface area contributed by atoms with E-state index >= 15 is 0 Å². The molecule has 0 bridgehead atoms. The molecular weight excluding hydrogens is 409 g/mol. The van der Waals surface area contributed by atoms with Crippen molar-refractivity contribution in [2.75, 3.05) is 21.1 Å². The first-order valence-corrected chi connectivity index (χ1v) is 8.38. The number of hydrogen-bond acceptors (Lipinski definition) is 4. The fourth-order valence-corrected chi connectivity index (χ4v) is 3.95. The SMILES string of the molecule is Cc1noc(C(C)(C)N2C(=O)C(C)(N(C)C(=[N-])N(C)C)CC2(C)C)n1.[Y]. The summed E-state index contributed by atoms with van der Waals surface area (Å²) < 4.78 is 5.37. The summed E-state index contributed by atoms with van der Waals surface area (Å²) in [4.78, 5) is 22.8. The molecule has 9 heteroatoms. The van der Waals surface area contributed by atoms with Gasteiger partial charge in [-0.25, -0.2) is 0 Å². The molecule has 0 N–H and O–H groups in total. The van der Waals surface area contributed by atoms with Crippen molar-refractivity contribution >= 4 is 11.9 Å². The number of likely N-dealkylation sites (N-methyl/N-ethyl adjacent to an activating group) is 1. The quantitative estimate of drug-likeness (QED) is 0.528. The topological polar surface area (TPSA) is 88.0 Å². The van der Waals surface area contributed by atoms with E-state index in [1.807, 2.05) is 34.6 Å². The van der Waals surface area contributed by atoms with Crippen LogP contribution in [0.1, 0.15) is 52.8 Å². The van der Waals surface area contributed by atoms with Crippen molar-refractivity contribution < 1.29 is 42.0 Å². The van der Waals surface area contributed by atoms with E-state index in [1.54, 1.807) is 42.8 Å². The second-order valence-corrected chi connectivity index (χ2v) is 8.36. The Hall–Kier alpha value is -1.02. The number of carbonyl (C=O) groups excluding carboxylic acids is 1. The van der Waals surface area contributed by atoms with Crippen LogP contribution in [0.4, 0.5) is 0 Å². The van der Waals surface area contributed by atoms with Gasteiger partial charge in [0.25, 0.3) is 5.89 Å². The number of hydrogen-bond donors (Lipinski definition) is 0. The van der Waals surface area contributed by atoms with Gasteiger partial charge < -0.3 is 24.6 Å². The summed E-state index contributed by atoms with van der Waals surface area (Å²) in [5.74, 6) is 0.888. The average Bonchev–Trinajstić information content (AvgIpc) is 2.98. The molecule has 1 aromatic heterocycles. The van der Waals surface area contributed by atoms with Crippen molar-refractivity contribution in [3.8, 4) is 0 Å². The van der Waals surface area contributed by atoms with Crippen LogP contribution < -0.4 is 0 Å². The fourth-order valence-electron chi connectivity index (χ4n) is 3.95. The summed E-state index contributed by atoms with van der Waals surface area (Å²) in [7, 11) is 5.21. The van der Waals surface area contributed by atoms with Crippen LogP contribution >= 0.6 is 0 Å². The molecule has 1 unspecified atom stereocenters. The van der Waals surface area contributed by atoms with Gasteiger partial charge in [-0.15, -0.1) is 0 Å². The smallest absolute Gasteiger partial charge is 0.252 e. The predicted octanol–water partition coefficient (Wildman–Crippen LogP) is 1.80. The molecule has 143 valence electrons. The molecule has 8 nitrogen and oxygen atoms in total. The Morgan fingerprint density at radius 3 is 2.23 bits per heavy atom. The third-order valence-electron chi connectivity index (χ3n) is 5.10. The van der Waals surface area contributed by atoms with E-state index < -0.39 is 16.6 Å². The van der Waals surface area contributed by atoms with Crippen LogP contribution in [-0.4, -0.2) is 68.9 Å². The second kappa shape index (κ2) is 7.19. The zero-order chi connectivity index (χ0) is 19.4. The second-order valence-electron chi connectivity index (χ2n) is 8.36. The monoisotopic (exact) mass is 438 g/mol. The molecule has 0 saturated carbocycles. The predicted molar refractivity (Wildman–Crippen MR) is 95.8 cm³/mol. The maximum absolute atomic E-state index is 13.5. The Morgan fingerprint density at radius 2 is 1.81 bits per heavy atom. The first-order valence-electron chi connectivity index (χ1n) is 8.38. The van der Waals surface area contributed by atoms with E-state index in [0.717, 1.165) is 0 Å². The van der Waals surface area contributed by atoms with Crippen molar-refractivity contribution in [3.05, 3.63) is 17.1 Å². The zero-order valence-electron chi connectivity index (χ0n) is 17.3. The van der Waals surface area contributed by atoms with Crippen molar-refractivity contribution in [2.24, 2.45) is 0 Å². The van der Waals surface area contributed by atoms with Crippen molar-refractivity contribution in [1.29, 1.82) is 0 Å². The van der Waals surface area contributed by atoms with Crippen molar-refractivity contribution in [1.82, 2.24) is 24.8 Å². The molecule has 1 aromatic rings. The molecule has 1 saturated heterocycles. The van der Waals surface area contributed by atoms with Gasteiger partial charge in [-0.3, -0.25) is 4.79 Å². The van der Waals surface area contributed by atoms with Crippen LogP contribution in [0.25, 0.3) is 5.41 Å². The van der Waals surface area contributed by atoms with Crippen molar-refractivity contribution in [3.63, 3.8) is 0 Å². The van der Waals surface area contributed by atoms with Crippen LogP contribution in [0, 0.1) is 6.92 Å². The first kappa shape index (κ1) is 23.0. The van der Waals surface area contributed by atoms with E-state index in [2.05, 4.69) is 10.1 Å². The Labute approximate surface area is 181 Å². The van der Waals surface area contributed by atoms with Gasteiger partial charge in [0, 0.05) is 44.2 Å². The van der Waals surface area contributed by atoms with Crippen LogP contribution in [0.3, 0.4) is 0 Å². The summed E-state index contributed by atoms with van der Waals surface area (Å²) in [5, 5.41) is 14.2. The minimum atomic E-state index is -0.885. The van der Waals surface area contributed by atoms with Crippen molar-refractivity contribution in [2.45, 2.75) is 64.6 Å². The summed E-state index contributed by atoms with van der Waals surface area (Å²) >= 11 is 0. The summed E-state index contributed by atoms with van der Waals surface area (Å²) in [5.41, 5.74) is -2.11. The van der Waals surface area contributed by atoms with Gasteiger partial charge in [-0.2, -0.15) is 4.98 Å². The number of carbonyl (C=O) groups is 1. The number of nitrogens with zero attached hydrogens (tertiary/aromatic N) is 6. The molecule has 1 aliphatic heterocycles. The Balaban J connectivity index is 0.00000338. The standard InChI is InChI=1S/C17H29N6O2.Y/c1-11-19-12(25-20-11)16(4,5)23-13(24)17(6,10-15(23,2)3)22(9)14(18)21(7)8;/h10H2,1-9H3;/q-1;. The van der Waals surface area contributed by atoms with E-state index in [4.69, 9.17) is 4.52 Å². The Kier molecular flexibility index (Phi) is 6.37. The Morgan fingerprint density at radius 1 is 1.27 bits per heavy atom. The maximum Gasteiger partial charge on any atom is 0.252 e. The molecule has 26 heavy (non-hydrogen) atoms. The number of likely N-dealkylation sites (tertiary alicyclic amines) is 1. The zero-order valence-corrected chi connectivity index (χ0v) is 20.1. The average molecular weight is 438 g/mol. The first-order chi connectivity index (χ1) is 11.2. The third kappa shape index (κ3) is 3.54. The molecule has 0 aromatic carbocycles. The van der Waals surface area contributed by atoms with Gasteiger partial charge >= 0.3 is 0 Å². The van der Waals surface area contributed by atoms with Crippen LogP contribution in [0.15, 0.2) is 4.52 Å². The van der Waals surface area contributed by atoms with Gasteiger partial charge in [-0.1, -0.05) is 5.16 Å². The summed E-state index contributed by atoms with van der Waals surface area (Å²) in [6.07, 6.45) is 0.545. The van der Waals surface area contributed by atoms with Gasteiger partial charge in [-0.05, 0) is 69.1 Å². The number of amides is 1. The molecule has 1 aliphatic rings. The van der Waals surface area contributed by atoms with Crippen LogP contribution in [0.2, 0.25) is 0 Å². The third-order valence-corrected chi connectivity index (χ3v) is 5.10. The fraction of sp³-hybridized carbons (Fsp3) is 0.765. The number of guanidine groups is 1. The summed E-state index contributed by atoms with van der Waals surface area (Å²) in [6, 6.07) is 0. The van der Waals surface area contributed by atoms with E-state index in [9.17, 15) is 10.2 Å². The summed E-state index contributed by atoms with van der Waals surface area (Å²) in [6.45, 7) is 11.4. The molecule has 1 amide bonds. The molecule has 2 heterocycles. The van der Waals surface area contributed by atoms with E-state index in [0.29, 0.717) is 18.1 Å². The molecule has 1 fully saturated rings. The van der Waals surface area contributed by atoms with Gasteiger partial charge in [0.05, 0.1) is 5.54 Å². The minimum Gasteiger partial charge on any atom is -0.432 e. The van der Waals surface area contributed by atoms with E-state index in [-0.39, 0.29) is 44.6 Å². The van der Waals surface area contributed by atoms with E-state index in [1.165, 1.54) is 0 Å². The molecule has 0 spiro atoms. The van der Waals surface area contributed by atoms with Gasteiger partial charge in [0.1, 0.15) is 5.54 Å². The number of aryl methyl sites for hydroxylation is 1. The molecular formula is C17H29N6O2Y-. The largest absolute Gasteiger partial charge is 0.432 e. The normalized spacial score (nSPS) is 22.2. The van der Waals surface area contributed by atoms with Crippen LogP contribution in [-0.2, 0) is 43.0 Å². The molecule has 1 atom stereocenters. The minimum absolute atomic E-state index is 0. The number of aromatic nitrogens is 2. The van der Waals surface area contributed by atoms with Gasteiger partial charge in [0.15, 0.2) is 5.82 Å². The molecule has 1 radical (unpaired) electrons. The molecule has 0 aliphatic carbocycles. The Bertz CT molecular complexity index is 699.